The Labute approximate surface area is 250 Å². The Morgan fingerprint density at radius 2 is 1.88 bits per heavy atom. The number of amides is 1. The summed E-state index contributed by atoms with van der Waals surface area (Å²) in [5.41, 5.74) is 1.63. The highest BCUT2D eigenvalue weighted by atomic mass is 35.5. The molecular weight excluding hydrogens is 543 g/mol. The fourth-order valence-corrected chi connectivity index (χ4v) is 8.34. The van der Waals surface area contributed by atoms with Crippen LogP contribution in [-0.2, 0) is 21.4 Å². The van der Waals surface area contributed by atoms with E-state index >= 15 is 0 Å². The molecule has 1 saturated heterocycles. The maximum atomic E-state index is 13.2. The molecule has 1 unspecified atom stereocenters. The minimum absolute atomic E-state index is 0.0172. The van der Waals surface area contributed by atoms with E-state index < -0.39 is 0 Å². The van der Waals surface area contributed by atoms with E-state index in [-0.39, 0.29) is 29.4 Å². The van der Waals surface area contributed by atoms with Crippen LogP contribution >= 0.6 is 23.2 Å². The number of ether oxygens (including phenoxy) is 2. The van der Waals surface area contributed by atoms with Crippen molar-refractivity contribution in [1.29, 1.82) is 0 Å². The van der Waals surface area contributed by atoms with Crippen LogP contribution in [0.25, 0.3) is 0 Å². The van der Waals surface area contributed by atoms with Gasteiger partial charge in [-0.2, -0.15) is 0 Å². The van der Waals surface area contributed by atoms with Crippen molar-refractivity contribution in [2.45, 2.75) is 75.9 Å². The van der Waals surface area contributed by atoms with E-state index in [4.69, 9.17) is 32.7 Å². The molecule has 3 fully saturated rings. The van der Waals surface area contributed by atoms with Crippen LogP contribution in [0.3, 0.4) is 0 Å². The number of piperidine rings is 1. The Hall–Kier alpha value is -1.79. The molecule has 0 aromatic heterocycles. The maximum absolute atomic E-state index is 13.2. The summed E-state index contributed by atoms with van der Waals surface area (Å²) in [5, 5.41) is 4.36. The first-order valence-corrected chi connectivity index (χ1v) is 15.7. The Morgan fingerprint density at radius 1 is 1.07 bits per heavy atom. The van der Waals surface area contributed by atoms with E-state index in [1.54, 1.807) is 19.2 Å². The number of hydrogen-bond donors (Lipinski definition) is 1. The maximum Gasteiger partial charge on any atom is 0.224 e. The van der Waals surface area contributed by atoms with Crippen molar-refractivity contribution in [3.05, 3.63) is 63.6 Å². The number of hydrogen-bond acceptors (Lipinski definition) is 3. The van der Waals surface area contributed by atoms with Crippen LogP contribution in [-0.4, -0.2) is 62.4 Å². The lowest BCUT2D eigenvalue weighted by Crippen LogP contribution is -2.73. The fourth-order valence-electron chi connectivity index (χ4n) is 8.02. The van der Waals surface area contributed by atoms with Gasteiger partial charge in [0.2, 0.25) is 5.91 Å². The number of nitrogens with one attached hydrogen (secondary N) is 1. The van der Waals surface area contributed by atoms with Gasteiger partial charge in [0.25, 0.3) is 0 Å². The highest BCUT2D eigenvalue weighted by Gasteiger charge is 2.64. The molecule has 2 aromatic rings. The van der Waals surface area contributed by atoms with E-state index in [1.165, 1.54) is 31.5 Å². The second-order valence-corrected chi connectivity index (χ2v) is 13.9. The number of rotatable bonds is 10. The van der Waals surface area contributed by atoms with Crippen molar-refractivity contribution in [2.75, 3.05) is 40.4 Å². The topological polar surface area (TPSA) is 47.6 Å². The molecule has 1 heterocycles. The lowest BCUT2D eigenvalue weighted by atomic mass is 9.54. The molecule has 3 aliphatic rings. The summed E-state index contributed by atoms with van der Waals surface area (Å²) in [6.07, 6.45) is 6.72. The van der Waals surface area contributed by atoms with Gasteiger partial charge >= 0.3 is 0 Å². The van der Waals surface area contributed by atoms with Gasteiger partial charge in [0, 0.05) is 36.8 Å². The van der Waals surface area contributed by atoms with Gasteiger partial charge in [0.15, 0.2) is 0 Å². The van der Waals surface area contributed by atoms with E-state index in [1.807, 2.05) is 19.2 Å². The normalized spacial score (nSPS) is 30.1. The molecule has 2 aromatic carbocycles. The van der Waals surface area contributed by atoms with Crippen LogP contribution in [0.5, 0.6) is 5.75 Å². The number of methoxy groups -OCH3 is 2. The molecular formula is C33H45Cl2N2O3+. The quantitative estimate of drug-likeness (QED) is 0.310. The summed E-state index contributed by atoms with van der Waals surface area (Å²) >= 11 is 12.3. The van der Waals surface area contributed by atoms with Crippen molar-refractivity contribution >= 4 is 29.1 Å². The van der Waals surface area contributed by atoms with Gasteiger partial charge in [-0.1, -0.05) is 55.2 Å². The Kier molecular flexibility index (Phi) is 8.78. The third-order valence-electron chi connectivity index (χ3n) is 9.79. The Balaban J connectivity index is 1.45. The zero-order valence-electron chi connectivity index (χ0n) is 24.5. The first-order chi connectivity index (χ1) is 19.1. The van der Waals surface area contributed by atoms with Crippen molar-refractivity contribution < 1.29 is 18.8 Å². The third kappa shape index (κ3) is 6.04. The largest absolute Gasteiger partial charge is 0.497 e. The number of halogens is 2. The summed E-state index contributed by atoms with van der Waals surface area (Å²) in [6, 6.07) is 14.0. The lowest BCUT2D eigenvalue weighted by Gasteiger charge is -2.62. The number of nitrogens with zero attached hydrogens (tertiary/aromatic N) is 1. The lowest BCUT2D eigenvalue weighted by molar-refractivity contribution is -0.945. The molecule has 0 bridgehead atoms. The molecule has 5 rings (SSSR count). The Morgan fingerprint density at radius 3 is 2.55 bits per heavy atom. The molecule has 0 radical (unpaired) electrons. The Bertz CT molecular complexity index is 1210. The van der Waals surface area contributed by atoms with E-state index in [0.29, 0.717) is 16.0 Å². The van der Waals surface area contributed by atoms with Crippen LogP contribution in [0.1, 0.15) is 63.5 Å². The molecule has 2 aliphatic carbocycles. The van der Waals surface area contributed by atoms with Gasteiger partial charge < -0.3 is 19.3 Å². The number of benzene rings is 2. The van der Waals surface area contributed by atoms with Crippen molar-refractivity contribution in [2.24, 2.45) is 11.8 Å². The first-order valence-electron chi connectivity index (χ1n) is 14.9. The SMILES string of the molecule is COc1cccc([C@]23CC[N@+](CC(C)C)(CC4CC4)CC2(OC)CC[C@@H](NC(=O)Cc2ccc(Cl)c(Cl)c2)C3)c1. The second-order valence-electron chi connectivity index (χ2n) is 13.1. The minimum Gasteiger partial charge on any atom is -0.497 e. The zero-order valence-corrected chi connectivity index (χ0v) is 26.0. The summed E-state index contributed by atoms with van der Waals surface area (Å²) in [5.74, 6) is 2.38. The number of carbonyl (C=O) groups excluding carboxylic acids is 1. The van der Waals surface area contributed by atoms with Crippen molar-refractivity contribution in [1.82, 2.24) is 5.32 Å². The van der Waals surface area contributed by atoms with Crippen LogP contribution < -0.4 is 10.1 Å². The fraction of sp³-hybridized carbons (Fsp3) is 0.606. The molecule has 1 N–H and O–H groups in total. The van der Waals surface area contributed by atoms with Gasteiger partial charge in [0.05, 0.1) is 43.2 Å². The number of likely N-dealkylation sites (tertiary alicyclic amines) is 1. The molecule has 1 aliphatic heterocycles. The monoisotopic (exact) mass is 587 g/mol. The standard InChI is InChI=1S/C33H44Cl2N2O3/c1-23(2)20-37(21-24-8-9-24)15-14-32(26-6-5-7-28(18-26)39-3)19-27(12-13-33(32,22-37)40-4)36-31(38)17-25-10-11-29(34)30(35)16-25/h5-7,10-11,16,18,23-24,27H,8-9,12-15,17,19-22H2,1-4H3/p+1/t27-,32-,33?,37+/m1/s1. The van der Waals surface area contributed by atoms with E-state index in [9.17, 15) is 4.79 Å². The number of fused-ring (bicyclic) bond motifs is 1. The van der Waals surface area contributed by atoms with Crippen molar-refractivity contribution in [3.8, 4) is 5.75 Å². The molecule has 40 heavy (non-hydrogen) atoms. The van der Waals surface area contributed by atoms with Gasteiger partial charge in [-0.15, -0.1) is 0 Å². The zero-order chi connectivity index (χ0) is 28.5. The molecule has 218 valence electrons. The van der Waals surface area contributed by atoms with E-state index in [2.05, 4.69) is 37.4 Å². The summed E-state index contributed by atoms with van der Waals surface area (Å²) in [6.45, 7) is 9.34. The van der Waals surface area contributed by atoms with Crippen molar-refractivity contribution in [3.63, 3.8) is 0 Å². The van der Waals surface area contributed by atoms with Gasteiger partial charge in [0.1, 0.15) is 17.9 Å². The molecule has 7 heteroatoms. The smallest absolute Gasteiger partial charge is 0.224 e. The van der Waals surface area contributed by atoms with Crippen LogP contribution in [0.4, 0.5) is 0 Å². The van der Waals surface area contributed by atoms with Crippen LogP contribution in [0, 0.1) is 11.8 Å². The summed E-state index contributed by atoms with van der Waals surface area (Å²) < 4.78 is 13.6. The average molecular weight is 589 g/mol. The third-order valence-corrected chi connectivity index (χ3v) is 10.5. The van der Waals surface area contributed by atoms with Gasteiger partial charge in [-0.05, 0) is 67.5 Å². The molecule has 2 saturated carbocycles. The summed E-state index contributed by atoms with van der Waals surface area (Å²) in [7, 11) is 3.65. The highest BCUT2D eigenvalue weighted by molar-refractivity contribution is 6.42. The average Bonchev–Trinajstić information content (AvgIpc) is 3.74. The number of quaternary nitrogens is 1. The van der Waals surface area contributed by atoms with Crippen LogP contribution in [0.2, 0.25) is 10.0 Å². The van der Waals surface area contributed by atoms with Crippen LogP contribution in [0.15, 0.2) is 42.5 Å². The van der Waals surface area contributed by atoms with Gasteiger partial charge in [-0.3, -0.25) is 4.79 Å². The van der Waals surface area contributed by atoms with Gasteiger partial charge in [-0.25, -0.2) is 0 Å². The molecule has 1 amide bonds. The molecule has 4 atom stereocenters. The molecule has 5 nitrogen and oxygen atoms in total. The second kappa shape index (κ2) is 11.8. The summed E-state index contributed by atoms with van der Waals surface area (Å²) in [4.78, 5) is 13.2. The number of carbonyl (C=O) groups is 1. The highest BCUT2D eigenvalue weighted by Crippen LogP contribution is 2.56. The minimum atomic E-state index is -0.299. The molecule has 0 spiro atoms. The van der Waals surface area contributed by atoms with E-state index in [0.717, 1.165) is 60.5 Å². The predicted octanol–water partition coefficient (Wildman–Crippen LogP) is 6.82. The predicted molar refractivity (Wildman–Crippen MR) is 162 cm³/mol. The first kappa shape index (κ1) is 29.7.